The van der Waals surface area contributed by atoms with Gasteiger partial charge in [0, 0.05) is 18.4 Å². The summed E-state index contributed by atoms with van der Waals surface area (Å²) < 4.78 is 5.20. The van der Waals surface area contributed by atoms with Crippen molar-refractivity contribution in [1.29, 1.82) is 0 Å². The molecule has 0 saturated carbocycles. The number of benzene rings is 1. The Bertz CT molecular complexity index is 607. The van der Waals surface area contributed by atoms with Crippen LogP contribution in [0.3, 0.4) is 0 Å². The zero-order valence-electron chi connectivity index (χ0n) is 14.6. The maximum atomic E-state index is 12.7. The Morgan fingerprint density at radius 3 is 2.42 bits per heavy atom. The molecule has 0 aliphatic carbocycles. The van der Waals surface area contributed by atoms with Crippen molar-refractivity contribution in [2.75, 3.05) is 0 Å². The molecule has 0 aliphatic heterocycles. The number of carbonyl (C=O) groups is 1. The van der Waals surface area contributed by atoms with Gasteiger partial charge in [0.05, 0.1) is 6.26 Å². The monoisotopic (exact) mass is 329 g/mol. The molecule has 130 valence electrons. The van der Waals surface area contributed by atoms with Crippen LogP contribution in [0, 0.1) is 11.8 Å². The third-order valence-corrected chi connectivity index (χ3v) is 4.28. The SMILES string of the molecule is CC(CC(O)c1ccco1)NC(=O)C(Cc1ccccc1)C(C)C. The number of aliphatic hydroxyl groups is 1. The van der Waals surface area contributed by atoms with E-state index in [0.717, 1.165) is 12.0 Å². The van der Waals surface area contributed by atoms with Crippen LogP contribution in [0.25, 0.3) is 0 Å². The maximum Gasteiger partial charge on any atom is 0.223 e. The fourth-order valence-corrected chi connectivity index (χ4v) is 2.84. The summed E-state index contributed by atoms with van der Waals surface area (Å²) in [6.45, 7) is 6.04. The topological polar surface area (TPSA) is 62.5 Å². The van der Waals surface area contributed by atoms with Gasteiger partial charge < -0.3 is 14.8 Å². The molecule has 2 rings (SSSR count). The second-order valence-corrected chi connectivity index (χ2v) is 6.72. The lowest BCUT2D eigenvalue weighted by atomic mass is 9.88. The summed E-state index contributed by atoms with van der Waals surface area (Å²) in [6.07, 6.45) is 1.98. The number of furan rings is 1. The minimum absolute atomic E-state index is 0.0352. The fourth-order valence-electron chi connectivity index (χ4n) is 2.84. The standard InChI is InChI=1S/C20H27NO3/c1-14(2)17(13-16-8-5-4-6-9-16)20(23)21-15(3)12-18(22)19-10-7-11-24-19/h4-11,14-15,17-18,22H,12-13H2,1-3H3,(H,21,23). The predicted octanol–water partition coefficient (Wildman–Crippen LogP) is 3.72. The fraction of sp³-hybridized carbons (Fsp3) is 0.450. The Morgan fingerprint density at radius 1 is 1.12 bits per heavy atom. The average molecular weight is 329 g/mol. The van der Waals surface area contributed by atoms with Gasteiger partial charge in [-0.25, -0.2) is 0 Å². The molecule has 4 heteroatoms. The molecule has 0 saturated heterocycles. The molecule has 1 amide bonds. The Morgan fingerprint density at radius 2 is 1.83 bits per heavy atom. The van der Waals surface area contributed by atoms with Crippen LogP contribution in [0.4, 0.5) is 0 Å². The minimum atomic E-state index is -0.707. The molecular weight excluding hydrogens is 302 g/mol. The highest BCUT2D eigenvalue weighted by Gasteiger charge is 2.25. The van der Waals surface area contributed by atoms with Crippen LogP contribution in [0.1, 0.15) is 44.6 Å². The highest BCUT2D eigenvalue weighted by Crippen LogP contribution is 2.21. The van der Waals surface area contributed by atoms with E-state index >= 15 is 0 Å². The molecule has 3 unspecified atom stereocenters. The number of hydrogen-bond donors (Lipinski definition) is 2. The van der Waals surface area contributed by atoms with Crippen LogP contribution in [-0.4, -0.2) is 17.1 Å². The molecule has 1 aromatic heterocycles. The average Bonchev–Trinajstić information content (AvgIpc) is 3.07. The second kappa shape index (κ2) is 8.69. The molecule has 1 aromatic carbocycles. The molecule has 0 spiro atoms. The van der Waals surface area contributed by atoms with E-state index in [4.69, 9.17) is 4.42 Å². The molecule has 0 radical (unpaired) electrons. The largest absolute Gasteiger partial charge is 0.467 e. The number of rotatable bonds is 8. The number of aliphatic hydroxyl groups excluding tert-OH is 1. The van der Waals surface area contributed by atoms with E-state index in [0.29, 0.717) is 12.2 Å². The van der Waals surface area contributed by atoms with Crippen LogP contribution < -0.4 is 5.32 Å². The van der Waals surface area contributed by atoms with Gasteiger partial charge in [0.2, 0.25) is 5.91 Å². The van der Waals surface area contributed by atoms with E-state index in [-0.39, 0.29) is 23.8 Å². The van der Waals surface area contributed by atoms with Gasteiger partial charge in [0.15, 0.2) is 0 Å². The zero-order chi connectivity index (χ0) is 17.5. The lowest BCUT2D eigenvalue weighted by Crippen LogP contribution is -2.40. The lowest BCUT2D eigenvalue weighted by molar-refractivity contribution is -0.127. The van der Waals surface area contributed by atoms with Gasteiger partial charge in [-0.1, -0.05) is 44.2 Å². The van der Waals surface area contributed by atoms with Crippen LogP contribution in [-0.2, 0) is 11.2 Å². The van der Waals surface area contributed by atoms with E-state index < -0.39 is 6.10 Å². The van der Waals surface area contributed by atoms with Crippen molar-refractivity contribution in [3.05, 3.63) is 60.1 Å². The van der Waals surface area contributed by atoms with E-state index in [1.54, 1.807) is 12.1 Å². The van der Waals surface area contributed by atoms with Crippen molar-refractivity contribution in [3.8, 4) is 0 Å². The normalized spacial score (nSPS) is 15.0. The summed E-state index contributed by atoms with van der Waals surface area (Å²) in [5.74, 6) is 0.719. The van der Waals surface area contributed by atoms with Gasteiger partial charge in [-0.3, -0.25) is 4.79 Å². The molecule has 4 nitrogen and oxygen atoms in total. The van der Waals surface area contributed by atoms with E-state index in [9.17, 15) is 9.90 Å². The highest BCUT2D eigenvalue weighted by atomic mass is 16.4. The predicted molar refractivity (Wildman–Crippen MR) is 94.4 cm³/mol. The first-order chi connectivity index (χ1) is 11.5. The summed E-state index contributed by atoms with van der Waals surface area (Å²) in [4.78, 5) is 12.7. The first kappa shape index (κ1) is 18.3. The smallest absolute Gasteiger partial charge is 0.223 e. The maximum absolute atomic E-state index is 12.7. The van der Waals surface area contributed by atoms with Crippen LogP contribution in [0.15, 0.2) is 53.1 Å². The van der Waals surface area contributed by atoms with Gasteiger partial charge in [0.25, 0.3) is 0 Å². The third kappa shape index (κ3) is 5.24. The lowest BCUT2D eigenvalue weighted by Gasteiger charge is -2.24. The van der Waals surface area contributed by atoms with Gasteiger partial charge in [-0.05, 0) is 37.0 Å². The quantitative estimate of drug-likeness (QED) is 0.776. The van der Waals surface area contributed by atoms with E-state index in [1.807, 2.05) is 37.3 Å². The Hall–Kier alpha value is -2.07. The van der Waals surface area contributed by atoms with E-state index in [1.165, 1.54) is 6.26 Å². The molecule has 24 heavy (non-hydrogen) atoms. The van der Waals surface area contributed by atoms with E-state index in [2.05, 4.69) is 19.2 Å². The molecule has 0 aliphatic rings. The zero-order valence-corrected chi connectivity index (χ0v) is 14.6. The summed E-state index contributed by atoms with van der Waals surface area (Å²) in [7, 11) is 0. The minimum Gasteiger partial charge on any atom is -0.467 e. The summed E-state index contributed by atoms with van der Waals surface area (Å²) >= 11 is 0. The Labute approximate surface area is 143 Å². The molecule has 2 N–H and O–H groups in total. The van der Waals surface area contributed by atoms with Crippen LogP contribution in [0.5, 0.6) is 0 Å². The van der Waals surface area contributed by atoms with Crippen LogP contribution in [0.2, 0.25) is 0 Å². The van der Waals surface area contributed by atoms with Crippen molar-refractivity contribution < 1.29 is 14.3 Å². The summed E-state index contributed by atoms with van der Waals surface area (Å²) in [5, 5.41) is 13.2. The highest BCUT2D eigenvalue weighted by molar-refractivity contribution is 5.79. The summed E-state index contributed by atoms with van der Waals surface area (Å²) in [6, 6.07) is 13.4. The van der Waals surface area contributed by atoms with Crippen molar-refractivity contribution in [3.63, 3.8) is 0 Å². The van der Waals surface area contributed by atoms with Gasteiger partial charge >= 0.3 is 0 Å². The number of nitrogens with one attached hydrogen (secondary N) is 1. The molecule has 1 heterocycles. The Kier molecular flexibility index (Phi) is 6.62. The number of carbonyl (C=O) groups excluding carboxylic acids is 1. The molecular formula is C20H27NO3. The van der Waals surface area contributed by atoms with Crippen molar-refractivity contribution >= 4 is 5.91 Å². The van der Waals surface area contributed by atoms with Crippen molar-refractivity contribution in [2.24, 2.45) is 11.8 Å². The van der Waals surface area contributed by atoms with Crippen molar-refractivity contribution in [1.82, 2.24) is 5.32 Å². The van der Waals surface area contributed by atoms with Gasteiger partial charge in [0.1, 0.15) is 11.9 Å². The number of amides is 1. The van der Waals surface area contributed by atoms with Crippen molar-refractivity contribution in [2.45, 2.75) is 45.8 Å². The summed E-state index contributed by atoms with van der Waals surface area (Å²) in [5.41, 5.74) is 1.16. The molecule has 3 atom stereocenters. The van der Waals surface area contributed by atoms with Gasteiger partial charge in [-0.15, -0.1) is 0 Å². The molecule has 0 fully saturated rings. The first-order valence-electron chi connectivity index (χ1n) is 8.53. The third-order valence-electron chi connectivity index (χ3n) is 4.28. The Balaban J connectivity index is 1.92. The van der Waals surface area contributed by atoms with Crippen LogP contribution >= 0.6 is 0 Å². The van der Waals surface area contributed by atoms with Gasteiger partial charge in [-0.2, -0.15) is 0 Å². The second-order valence-electron chi connectivity index (χ2n) is 6.72. The molecule has 0 bridgehead atoms. The first-order valence-corrected chi connectivity index (χ1v) is 8.53. The molecule has 2 aromatic rings. The number of hydrogen-bond acceptors (Lipinski definition) is 3.